The molecule has 0 saturated heterocycles. The Labute approximate surface area is 204 Å². The van der Waals surface area contributed by atoms with Crippen LogP contribution in [0, 0.1) is 5.82 Å². The van der Waals surface area contributed by atoms with E-state index >= 15 is 0 Å². The maximum Gasteiger partial charge on any atom is 0.416 e. The van der Waals surface area contributed by atoms with E-state index in [1.54, 1.807) is 18.3 Å². The topological polar surface area (TPSA) is 73.2 Å². The van der Waals surface area contributed by atoms with E-state index in [-0.39, 0.29) is 29.7 Å². The molecule has 2 aliphatic carbocycles. The van der Waals surface area contributed by atoms with Crippen molar-refractivity contribution >= 4 is 17.6 Å². The number of alkyl halides is 3. The summed E-state index contributed by atoms with van der Waals surface area (Å²) < 4.78 is 60.9. The van der Waals surface area contributed by atoms with Gasteiger partial charge in [-0.3, -0.25) is 9.48 Å². The van der Waals surface area contributed by atoms with Crippen molar-refractivity contribution in [1.82, 2.24) is 9.78 Å². The minimum Gasteiger partial charge on any atom is -0.465 e. The second-order valence-electron chi connectivity index (χ2n) is 9.27. The number of hydrogen-bond acceptors (Lipinski definition) is 4. The zero-order valence-corrected chi connectivity index (χ0v) is 19.4. The van der Waals surface area contributed by atoms with Crippen molar-refractivity contribution in [2.45, 2.75) is 49.7 Å². The highest BCUT2D eigenvalue weighted by atomic mass is 19.4. The molecule has 0 unspecified atom stereocenters. The molecule has 188 valence electrons. The number of nitrogens with zero attached hydrogens (tertiary/aromatic N) is 2. The summed E-state index contributed by atoms with van der Waals surface area (Å²) in [5, 5.41) is 7.05. The minimum absolute atomic E-state index is 0.193. The molecule has 2 aromatic carbocycles. The van der Waals surface area contributed by atoms with Gasteiger partial charge in [0, 0.05) is 23.0 Å². The molecule has 2 fully saturated rings. The van der Waals surface area contributed by atoms with Gasteiger partial charge in [0.05, 0.1) is 35.9 Å². The molecule has 0 atom stereocenters. The number of hydrogen-bond donors (Lipinski definition) is 1. The van der Waals surface area contributed by atoms with Crippen LogP contribution in [0.4, 0.5) is 23.2 Å². The third-order valence-electron chi connectivity index (χ3n) is 7.04. The lowest BCUT2D eigenvalue weighted by Gasteiger charge is -2.25. The van der Waals surface area contributed by atoms with Crippen LogP contribution >= 0.6 is 0 Å². The summed E-state index contributed by atoms with van der Waals surface area (Å²) in [4.78, 5) is 25.7. The van der Waals surface area contributed by atoms with Crippen molar-refractivity contribution < 1.29 is 31.9 Å². The molecule has 1 heterocycles. The van der Waals surface area contributed by atoms with Crippen LogP contribution in [-0.2, 0) is 21.1 Å². The molecule has 2 saturated carbocycles. The zero-order chi connectivity index (χ0) is 25.7. The highest BCUT2D eigenvalue weighted by molar-refractivity contribution is 6.04. The molecular formula is C26H23F4N3O3. The minimum atomic E-state index is -4.66. The Hall–Kier alpha value is -3.69. The summed E-state index contributed by atoms with van der Waals surface area (Å²) in [5.74, 6) is -2.13. The molecule has 5 rings (SSSR count). The number of anilines is 1. The van der Waals surface area contributed by atoms with Crippen molar-refractivity contribution in [2.24, 2.45) is 0 Å². The van der Waals surface area contributed by atoms with Crippen molar-refractivity contribution in [1.29, 1.82) is 0 Å². The van der Waals surface area contributed by atoms with Gasteiger partial charge >= 0.3 is 12.1 Å². The first-order chi connectivity index (χ1) is 17.1. The third kappa shape index (κ3) is 4.25. The maximum absolute atomic E-state index is 14.5. The Morgan fingerprint density at radius 1 is 1.14 bits per heavy atom. The lowest BCUT2D eigenvalue weighted by molar-refractivity contribution is -0.137. The third-order valence-corrected chi connectivity index (χ3v) is 7.04. The van der Waals surface area contributed by atoms with Gasteiger partial charge in [-0.05, 0) is 68.0 Å². The number of ether oxygens (including phenoxy) is 1. The first-order valence-electron chi connectivity index (χ1n) is 11.6. The fraction of sp³-hybridized carbons (Fsp3) is 0.346. The molecular weight excluding hydrogens is 478 g/mol. The number of carbonyl (C=O) groups is 2. The number of benzene rings is 2. The molecule has 1 N–H and O–H groups in total. The molecule has 1 amide bonds. The first-order valence-corrected chi connectivity index (χ1v) is 11.6. The van der Waals surface area contributed by atoms with E-state index in [1.807, 2.05) is 10.9 Å². The molecule has 0 spiro atoms. The van der Waals surface area contributed by atoms with E-state index in [4.69, 9.17) is 4.74 Å². The van der Waals surface area contributed by atoms with Crippen LogP contribution in [0.5, 0.6) is 0 Å². The van der Waals surface area contributed by atoms with Crippen LogP contribution in [-0.4, -0.2) is 28.8 Å². The smallest absolute Gasteiger partial charge is 0.416 e. The van der Waals surface area contributed by atoms with Crippen molar-refractivity contribution in [3.05, 3.63) is 71.3 Å². The standard InChI is InChI=1S/C26H23F4N3O3/c1-36-23(34)20-12-17(6-7-19(20)15-13-31-33(14-15)18-3-2-4-18)32-24(35)25(9-10-25)21-11-16(26(28,29)30)5-8-22(21)27/h5-8,11-14,18H,2-4,9-10H2,1H3,(H,32,35). The maximum atomic E-state index is 14.5. The Morgan fingerprint density at radius 3 is 2.50 bits per heavy atom. The van der Waals surface area contributed by atoms with Crippen LogP contribution in [0.25, 0.3) is 11.1 Å². The van der Waals surface area contributed by atoms with E-state index in [2.05, 4.69) is 10.4 Å². The number of amides is 1. The monoisotopic (exact) mass is 501 g/mol. The number of carbonyl (C=O) groups excluding carboxylic acids is 2. The van der Waals surface area contributed by atoms with Crippen LogP contribution < -0.4 is 5.32 Å². The molecule has 2 aliphatic rings. The van der Waals surface area contributed by atoms with Crippen molar-refractivity contribution in [3.63, 3.8) is 0 Å². The quantitative estimate of drug-likeness (QED) is 0.338. The number of halogens is 4. The van der Waals surface area contributed by atoms with Gasteiger partial charge in [0.25, 0.3) is 0 Å². The van der Waals surface area contributed by atoms with E-state index in [0.717, 1.165) is 25.3 Å². The number of rotatable bonds is 6. The highest BCUT2D eigenvalue weighted by Gasteiger charge is 2.53. The summed E-state index contributed by atoms with van der Waals surface area (Å²) in [6.45, 7) is 0. The number of aromatic nitrogens is 2. The number of esters is 1. The van der Waals surface area contributed by atoms with Crippen molar-refractivity contribution in [2.75, 3.05) is 12.4 Å². The predicted molar refractivity (Wildman–Crippen MR) is 123 cm³/mol. The lowest BCUT2D eigenvalue weighted by atomic mass is 9.92. The molecule has 6 nitrogen and oxygen atoms in total. The second-order valence-corrected chi connectivity index (χ2v) is 9.27. The largest absolute Gasteiger partial charge is 0.465 e. The van der Waals surface area contributed by atoms with Crippen LogP contribution in [0.2, 0.25) is 0 Å². The fourth-order valence-corrected chi connectivity index (χ4v) is 4.54. The normalized spacial score (nSPS) is 16.8. The molecule has 0 aliphatic heterocycles. The Balaban J connectivity index is 1.43. The Kier molecular flexibility index (Phi) is 5.84. The molecule has 10 heteroatoms. The fourth-order valence-electron chi connectivity index (χ4n) is 4.54. The lowest BCUT2D eigenvalue weighted by Crippen LogP contribution is -2.29. The number of nitrogens with one attached hydrogen (secondary N) is 1. The van der Waals surface area contributed by atoms with Gasteiger partial charge in [0.15, 0.2) is 0 Å². The summed E-state index contributed by atoms with van der Waals surface area (Å²) >= 11 is 0. The van der Waals surface area contributed by atoms with Gasteiger partial charge in [0.2, 0.25) is 5.91 Å². The molecule has 1 aromatic heterocycles. The second kappa shape index (κ2) is 8.76. The van der Waals surface area contributed by atoms with Gasteiger partial charge in [0.1, 0.15) is 5.82 Å². The first kappa shape index (κ1) is 24.0. The summed E-state index contributed by atoms with van der Waals surface area (Å²) in [5.41, 5.74) is -0.992. The zero-order valence-electron chi connectivity index (χ0n) is 19.4. The average Bonchev–Trinajstić information content (AvgIpc) is 3.49. The van der Waals surface area contributed by atoms with Crippen molar-refractivity contribution in [3.8, 4) is 11.1 Å². The SMILES string of the molecule is COC(=O)c1cc(NC(=O)C2(c3cc(C(F)(F)F)ccc3F)CC2)ccc1-c1cnn(C2CCC2)c1. The van der Waals surface area contributed by atoms with Crippen LogP contribution in [0.3, 0.4) is 0 Å². The van der Waals surface area contributed by atoms with Crippen LogP contribution in [0.1, 0.15) is 59.6 Å². The highest BCUT2D eigenvalue weighted by Crippen LogP contribution is 2.51. The van der Waals surface area contributed by atoms with Gasteiger partial charge in [-0.1, -0.05) is 6.07 Å². The Bertz CT molecular complexity index is 1340. The molecule has 0 bridgehead atoms. The van der Waals surface area contributed by atoms with Gasteiger partial charge in [-0.15, -0.1) is 0 Å². The van der Waals surface area contributed by atoms with E-state index in [1.165, 1.54) is 13.2 Å². The van der Waals surface area contributed by atoms with E-state index < -0.39 is 34.8 Å². The predicted octanol–water partition coefficient (Wildman–Crippen LogP) is 5.89. The van der Waals surface area contributed by atoms with Gasteiger partial charge in [-0.25, -0.2) is 9.18 Å². The Morgan fingerprint density at radius 2 is 1.89 bits per heavy atom. The summed E-state index contributed by atoms with van der Waals surface area (Å²) in [6.07, 6.45) is 2.51. The van der Waals surface area contributed by atoms with E-state index in [9.17, 15) is 27.2 Å². The molecule has 0 radical (unpaired) electrons. The van der Waals surface area contributed by atoms with Gasteiger partial charge < -0.3 is 10.1 Å². The summed E-state index contributed by atoms with van der Waals surface area (Å²) in [6, 6.07) is 7.10. The molecule has 36 heavy (non-hydrogen) atoms. The average molecular weight is 501 g/mol. The van der Waals surface area contributed by atoms with Gasteiger partial charge in [-0.2, -0.15) is 18.3 Å². The summed E-state index contributed by atoms with van der Waals surface area (Å²) in [7, 11) is 1.24. The number of methoxy groups -OCH3 is 1. The molecule has 3 aromatic rings. The van der Waals surface area contributed by atoms with Crippen LogP contribution in [0.15, 0.2) is 48.8 Å². The van der Waals surface area contributed by atoms with E-state index in [0.29, 0.717) is 29.3 Å².